The van der Waals surface area contributed by atoms with Gasteiger partial charge in [-0.05, 0) is 52.3 Å². The van der Waals surface area contributed by atoms with Crippen LogP contribution in [0.2, 0.25) is 0 Å². The second-order valence-electron chi connectivity index (χ2n) is 7.59. The summed E-state index contributed by atoms with van der Waals surface area (Å²) >= 11 is 0. The zero-order chi connectivity index (χ0) is 23.3. The molecule has 1 aromatic heterocycles. The first kappa shape index (κ1) is 23.6. The number of hydrogen-bond acceptors (Lipinski definition) is 4. The lowest BCUT2D eigenvalue weighted by molar-refractivity contribution is -0.138. The molecule has 0 aliphatic heterocycles. The third-order valence-electron chi connectivity index (χ3n) is 4.83. The van der Waals surface area contributed by atoms with Crippen LogP contribution in [0.1, 0.15) is 37.4 Å². The number of carboxylic acids is 1. The lowest BCUT2D eigenvalue weighted by Crippen LogP contribution is -2.15. The molecule has 0 bridgehead atoms. The Morgan fingerprint density at radius 3 is 2.53 bits per heavy atom. The molecule has 166 valence electrons. The van der Waals surface area contributed by atoms with Crippen LogP contribution in [0.15, 0.2) is 48.5 Å². The molecule has 2 atom stereocenters. The van der Waals surface area contributed by atoms with Crippen molar-refractivity contribution in [3.8, 4) is 17.5 Å². The highest BCUT2D eigenvalue weighted by atomic mass is 31.1. The summed E-state index contributed by atoms with van der Waals surface area (Å²) in [4.78, 5) is 10.6. The van der Waals surface area contributed by atoms with E-state index in [4.69, 9.17) is 9.63 Å². The van der Waals surface area contributed by atoms with Gasteiger partial charge in [-0.15, -0.1) is 4.52 Å². The summed E-state index contributed by atoms with van der Waals surface area (Å²) in [6, 6.07) is 14.1. The number of aromatic nitrogens is 1. The molecule has 0 fully saturated rings. The fourth-order valence-corrected chi connectivity index (χ4v) is 4.33. The molecule has 0 radical (unpaired) electrons. The van der Waals surface area contributed by atoms with Gasteiger partial charge in [0.1, 0.15) is 17.6 Å². The Kier molecular flexibility index (Phi) is 7.76. The lowest BCUT2D eigenvalue weighted by atomic mass is 9.99. The largest absolute Gasteiger partial charge is 0.511 e. The van der Waals surface area contributed by atoms with Crippen molar-refractivity contribution >= 4 is 24.9 Å². The highest BCUT2D eigenvalue weighted by molar-refractivity contribution is 7.39. The van der Waals surface area contributed by atoms with Crippen molar-refractivity contribution in [3.63, 3.8) is 0 Å². The van der Waals surface area contributed by atoms with Crippen molar-refractivity contribution < 1.29 is 28.5 Å². The second kappa shape index (κ2) is 10.5. The van der Waals surface area contributed by atoms with Crippen molar-refractivity contribution in [1.82, 2.24) is 4.57 Å². The van der Waals surface area contributed by atoms with Crippen molar-refractivity contribution in [3.05, 3.63) is 65.6 Å². The monoisotopic (exact) mass is 456 g/mol. The van der Waals surface area contributed by atoms with Crippen LogP contribution in [-0.2, 0) is 13.9 Å². The molecule has 1 unspecified atom stereocenters. The molecule has 0 saturated heterocycles. The smallest absolute Gasteiger partial charge is 0.481 e. The lowest BCUT2D eigenvalue weighted by Gasteiger charge is -2.09. The number of aliphatic hydroxyl groups is 1. The first-order valence-electron chi connectivity index (χ1n) is 10.1. The number of fused-ring (bicyclic) bond motifs is 1. The quantitative estimate of drug-likeness (QED) is 0.374. The van der Waals surface area contributed by atoms with Gasteiger partial charge in [-0.25, -0.2) is 4.39 Å². The van der Waals surface area contributed by atoms with E-state index in [9.17, 15) is 18.9 Å². The summed E-state index contributed by atoms with van der Waals surface area (Å²) in [6.07, 6.45) is -2.00. The van der Waals surface area contributed by atoms with Crippen LogP contribution < -0.4 is 0 Å². The maximum Gasteiger partial charge on any atom is 0.511 e. The number of hydrogen-bond donors (Lipinski definition) is 2. The van der Waals surface area contributed by atoms with Gasteiger partial charge in [0.25, 0.3) is 0 Å². The van der Waals surface area contributed by atoms with E-state index in [1.807, 2.05) is 28.8 Å². The van der Waals surface area contributed by atoms with E-state index in [0.29, 0.717) is 0 Å². The molecule has 3 rings (SSSR count). The van der Waals surface area contributed by atoms with Crippen LogP contribution in [0, 0.1) is 17.7 Å². The summed E-state index contributed by atoms with van der Waals surface area (Å²) < 4.78 is 32.6. The van der Waals surface area contributed by atoms with Gasteiger partial charge in [-0.1, -0.05) is 38.0 Å². The molecule has 1 heterocycles. The highest BCUT2D eigenvalue weighted by Gasteiger charge is 2.25. The number of nitrogens with zero attached hydrogens (tertiary/aromatic N) is 1. The Morgan fingerprint density at radius 1 is 1.19 bits per heavy atom. The number of aliphatic hydroxyl groups excluding tert-OH is 1. The Bertz CT molecular complexity index is 1190. The summed E-state index contributed by atoms with van der Waals surface area (Å²) in [6.45, 7) is 4.00. The van der Waals surface area contributed by atoms with Gasteiger partial charge in [0, 0.05) is 11.1 Å². The number of halogens is 1. The molecule has 0 aliphatic rings. The Labute approximate surface area is 186 Å². The van der Waals surface area contributed by atoms with Crippen LogP contribution >= 0.6 is 8.03 Å². The zero-order valence-electron chi connectivity index (χ0n) is 17.8. The predicted octanol–water partition coefficient (Wildman–Crippen LogP) is 4.84. The molecule has 2 N–H and O–H groups in total. The molecule has 8 heteroatoms. The summed E-state index contributed by atoms with van der Waals surface area (Å²) in [5.74, 6) is 4.65. The Morgan fingerprint density at radius 2 is 1.88 bits per heavy atom. The molecule has 2 aromatic carbocycles. The van der Waals surface area contributed by atoms with E-state index >= 15 is 0 Å². The molecular weight excluding hydrogens is 432 g/mol. The maximum atomic E-state index is 13.5. The van der Waals surface area contributed by atoms with Crippen LogP contribution in [-0.4, -0.2) is 39.6 Å². The number of carbonyl (C=O) groups is 1. The van der Waals surface area contributed by atoms with Gasteiger partial charge in [-0.3, -0.25) is 4.79 Å². The van der Waals surface area contributed by atoms with Crippen LogP contribution in [0.5, 0.6) is 0 Å². The minimum Gasteiger partial charge on any atom is -0.481 e. The minimum absolute atomic E-state index is 0.141. The highest BCUT2D eigenvalue weighted by Crippen LogP contribution is 2.34. The van der Waals surface area contributed by atoms with Gasteiger partial charge in [-0.2, -0.15) is 0 Å². The SMILES string of the molecule is CC(C)c1c(C#CCO[P+](=O)C[C@@H](O)CC(=O)O)n(-c2ccc(F)cc2)c2ccccc12. The van der Waals surface area contributed by atoms with Crippen molar-refractivity contribution in [2.45, 2.75) is 32.3 Å². The predicted molar refractivity (Wildman–Crippen MR) is 121 cm³/mol. The molecule has 3 aromatic rings. The number of rotatable bonds is 8. The summed E-state index contributed by atoms with van der Waals surface area (Å²) in [5.41, 5.74) is 3.48. The van der Waals surface area contributed by atoms with Crippen molar-refractivity contribution in [1.29, 1.82) is 0 Å². The first-order chi connectivity index (χ1) is 15.3. The Balaban J connectivity index is 1.92. The fraction of sp³-hybridized carbons (Fsp3) is 0.292. The first-order valence-corrected chi connectivity index (χ1v) is 11.5. The van der Waals surface area contributed by atoms with Gasteiger partial charge in [0.15, 0.2) is 6.61 Å². The molecule has 0 amide bonds. The van der Waals surface area contributed by atoms with Crippen molar-refractivity contribution in [2.75, 3.05) is 12.8 Å². The molecular formula is C24H24FNO5P+. The number of para-hydroxylation sites is 1. The standard InChI is InChI=1S/C24H23FNO5P/c1-16(2)24-20-6-3-4-7-21(20)26(18-11-9-17(25)10-12-18)22(24)8-5-13-31-32(30)15-19(27)14-23(28)29/h3-4,6-7,9-12,16,19,27H,13-15H2,1-2H3/p+1/t19-/m0/s1. The van der Waals surface area contributed by atoms with E-state index in [1.165, 1.54) is 12.1 Å². The van der Waals surface area contributed by atoms with E-state index in [0.717, 1.165) is 27.8 Å². The van der Waals surface area contributed by atoms with Gasteiger partial charge >= 0.3 is 14.0 Å². The molecule has 32 heavy (non-hydrogen) atoms. The van der Waals surface area contributed by atoms with E-state index in [1.54, 1.807) is 12.1 Å². The summed E-state index contributed by atoms with van der Waals surface area (Å²) in [5, 5.41) is 19.3. The fourth-order valence-electron chi connectivity index (χ4n) is 3.55. The number of carboxylic acid groups (broad SMARTS) is 1. The van der Waals surface area contributed by atoms with E-state index in [-0.39, 0.29) is 24.5 Å². The molecule has 6 nitrogen and oxygen atoms in total. The maximum absolute atomic E-state index is 13.5. The van der Waals surface area contributed by atoms with Gasteiger partial charge in [0.05, 0.1) is 11.9 Å². The van der Waals surface area contributed by atoms with Crippen LogP contribution in [0.3, 0.4) is 0 Å². The van der Waals surface area contributed by atoms with Gasteiger partial charge < -0.3 is 14.8 Å². The minimum atomic E-state index is -2.24. The summed E-state index contributed by atoms with van der Waals surface area (Å²) in [7, 11) is -2.24. The van der Waals surface area contributed by atoms with Crippen molar-refractivity contribution in [2.24, 2.45) is 0 Å². The third-order valence-corrected chi connectivity index (χ3v) is 5.97. The average molecular weight is 456 g/mol. The number of aliphatic carboxylic acids is 1. The zero-order valence-corrected chi connectivity index (χ0v) is 18.7. The van der Waals surface area contributed by atoms with Crippen LogP contribution in [0.4, 0.5) is 4.39 Å². The van der Waals surface area contributed by atoms with Gasteiger partial charge in [0.2, 0.25) is 6.16 Å². The van der Waals surface area contributed by atoms with E-state index in [2.05, 4.69) is 25.7 Å². The number of benzene rings is 2. The van der Waals surface area contributed by atoms with E-state index < -0.39 is 26.5 Å². The third kappa shape index (κ3) is 5.60. The topological polar surface area (TPSA) is 88.8 Å². The second-order valence-corrected chi connectivity index (χ2v) is 8.88. The average Bonchev–Trinajstić information content (AvgIpc) is 3.05. The normalized spacial score (nSPS) is 12.5. The molecule has 0 saturated carbocycles. The molecule has 0 spiro atoms. The molecule has 0 aliphatic carbocycles. The Hall–Kier alpha value is -3.04. The van der Waals surface area contributed by atoms with Crippen LogP contribution in [0.25, 0.3) is 16.6 Å².